The molecule has 0 spiro atoms. The molecule has 4 heteroatoms. The summed E-state index contributed by atoms with van der Waals surface area (Å²) in [7, 11) is 1.89. The van der Waals surface area contributed by atoms with Crippen molar-refractivity contribution in [2.75, 3.05) is 7.05 Å². The third-order valence-corrected chi connectivity index (χ3v) is 5.23. The average Bonchev–Trinajstić information content (AvgIpc) is 2.99. The normalized spacial score (nSPS) is 23.3. The summed E-state index contributed by atoms with van der Waals surface area (Å²) in [5.74, 6) is 1.05. The van der Waals surface area contributed by atoms with E-state index in [-0.39, 0.29) is 17.9 Å². The number of hydrogen-bond donors (Lipinski definition) is 0. The van der Waals surface area contributed by atoms with Crippen molar-refractivity contribution >= 4 is 27.5 Å². The Morgan fingerprint density at radius 2 is 2.16 bits per heavy atom. The summed E-state index contributed by atoms with van der Waals surface area (Å²) >= 11 is 1.68. The summed E-state index contributed by atoms with van der Waals surface area (Å²) in [4.78, 5) is 18.7. The van der Waals surface area contributed by atoms with Gasteiger partial charge in [-0.2, -0.15) is 0 Å². The first-order chi connectivity index (χ1) is 9.08. The fraction of sp³-hybridized carbons (Fsp3) is 0.467. The van der Waals surface area contributed by atoms with Crippen molar-refractivity contribution in [1.29, 1.82) is 0 Å². The van der Waals surface area contributed by atoms with Crippen molar-refractivity contribution in [3.05, 3.63) is 29.3 Å². The molecule has 3 atom stereocenters. The van der Waals surface area contributed by atoms with E-state index in [1.165, 1.54) is 4.70 Å². The number of aromatic nitrogens is 1. The van der Waals surface area contributed by atoms with E-state index in [0.717, 1.165) is 16.9 Å². The van der Waals surface area contributed by atoms with Crippen LogP contribution in [0.4, 0.5) is 0 Å². The van der Waals surface area contributed by atoms with E-state index in [4.69, 9.17) is 0 Å². The molecular weight excluding hydrogens is 256 g/mol. The predicted octanol–water partition coefficient (Wildman–Crippen LogP) is 3.47. The second-order valence-electron chi connectivity index (χ2n) is 5.46. The Labute approximate surface area is 117 Å². The molecule has 19 heavy (non-hydrogen) atoms. The lowest BCUT2D eigenvalue weighted by Gasteiger charge is -2.23. The molecule has 1 heterocycles. The molecule has 0 aliphatic heterocycles. The minimum atomic E-state index is 0.0534. The molecule has 3 rings (SSSR count). The monoisotopic (exact) mass is 274 g/mol. The Hall–Kier alpha value is -1.42. The van der Waals surface area contributed by atoms with Crippen molar-refractivity contribution < 1.29 is 4.79 Å². The maximum Gasteiger partial charge on any atom is 0.226 e. The number of amides is 1. The van der Waals surface area contributed by atoms with E-state index < -0.39 is 0 Å². The molecule has 1 fully saturated rings. The van der Waals surface area contributed by atoms with Crippen LogP contribution >= 0.6 is 11.3 Å². The maximum absolute atomic E-state index is 12.2. The molecule has 1 saturated carbocycles. The van der Waals surface area contributed by atoms with E-state index in [1.54, 1.807) is 11.3 Å². The highest BCUT2D eigenvalue weighted by atomic mass is 32.1. The Bertz CT molecular complexity index is 588. The van der Waals surface area contributed by atoms with E-state index >= 15 is 0 Å². The molecule has 1 aliphatic rings. The zero-order valence-electron chi connectivity index (χ0n) is 11.5. The minimum Gasteiger partial charge on any atom is -0.336 e. The number of carbonyl (C=O) groups excluding carboxylic acids is 1. The van der Waals surface area contributed by atoms with Gasteiger partial charge in [-0.3, -0.25) is 4.79 Å². The SMILES string of the molecule is C[C@@H]1C[C@@H]1C(=O)N(C)[C@@H](C)c1nc2ccccc2s1. The fourth-order valence-corrected chi connectivity index (χ4v) is 3.42. The number of carbonyl (C=O) groups is 1. The first-order valence-electron chi connectivity index (χ1n) is 6.70. The Morgan fingerprint density at radius 3 is 2.79 bits per heavy atom. The van der Waals surface area contributed by atoms with Crippen LogP contribution in [0.25, 0.3) is 10.2 Å². The van der Waals surface area contributed by atoms with Gasteiger partial charge in [-0.1, -0.05) is 19.1 Å². The molecule has 3 nitrogen and oxygen atoms in total. The van der Waals surface area contributed by atoms with Crippen LogP contribution in [0, 0.1) is 11.8 Å². The van der Waals surface area contributed by atoms with Crippen LogP contribution in [0.15, 0.2) is 24.3 Å². The highest BCUT2D eigenvalue weighted by molar-refractivity contribution is 7.18. The average molecular weight is 274 g/mol. The molecule has 1 amide bonds. The molecule has 0 bridgehead atoms. The van der Waals surface area contributed by atoms with Crippen LogP contribution in [0.5, 0.6) is 0 Å². The first-order valence-corrected chi connectivity index (χ1v) is 7.51. The number of fused-ring (bicyclic) bond motifs is 1. The largest absolute Gasteiger partial charge is 0.336 e. The Balaban J connectivity index is 1.82. The smallest absolute Gasteiger partial charge is 0.226 e. The highest BCUT2D eigenvalue weighted by Crippen LogP contribution is 2.40. The van der Waals surface area contributed by atoms with E-state index in [0.29, 0.717) is 5.92 Å². The van der Waals surface area contributed by atoms with Gasteiger partial charge in [0.2, 0.25) is 5.91 Å². The molecule has 1 aliphatic carbocycles. The van der Waals surface area contributed by atoms with Crippen LogP contribution in [-0.2, 0) is 4.79 Å². The van der Waals surface area contributed by atoms with Gasteiger partial charge in [0.15, 0.2) is 0 Å². The van der Waals surface area contributed by atoms with Gasteiger partial charge in [-0.05, 0) is 31.4 Å². The van der Waals surface area contributed by atoms with Crippen molar-refractivity contribution in [2.45, 2.75) is 26.3 Å². The Kier molecular flexibility index (Phi) is 3.05. The van der Waals surface area contributed by atoms with Gasteiger partial charge >= 0.3 is 0 Å². The standard InChI is InChI=1S/C15H18N2OS/c1-9-8-11(9)15(18)17(3)10(2)14-16-12-6-4-5-7-13(12)19-14/h4-7,9-11H,8H2,1-3H3/t9-,10+,11+/m1/s1. The van der Waals surface area contributed by atoms with Crippen molar-refractivity contribution in [3.63, 3.8) is 0 Å². The van der Waals surface area contributed by atoms with Crippen molar-refractivity contribution in [2.24, 2.45) is 11.8 Å². The number of rotatable bonds is 3. The number of hydrogen-bond acceptors (Lipinski definition) is 3. The third-order valence-electron chi connectivity index (χ3n) is 4.02. The lowest BCUT2D eigenvalue weighted by molar-refractivity contribution is -0.133. The number of benzene rings is 1. The van der Waals surface area contributed by atoms with Crippen LogP contribution in [0.2, 0.25) is 0 Å². The first kappa shape index (κ1) is 12.6. The van der Waals surface area contributed by atoms with Crippen LogP contribution in [-0.4, -0.2) is 22.8 Å². The van der Waals surface area contributed by atoms with Gasteiger partial charge in [0.05, 0.1) is 16.3 Å². The third kappa shape index (κ3) is 2.25. The quantitative estimate of drug-likeness (QED) is 0.858. The predicted molar refractivity (Wildman–Crippen MR) is 78.1 cm³/mol. The van der Waals surface area contributed by atoms with Gasteiger partial charge in [-0.25, -0.2) is 4.98 Å². The zero-order chi connectivity index (χ0) is 13.6. The van der Waals surface area contributed by atoms with Crippen LogP contribution in [0.1, 0.15) is 31.3 Å². The fourth-order valence-electron chi connectivity index (χ4n) is 2.35. The number of para-hydroxylation sites is 1. The lowest BCUT2D eigenvalue weighted by Crippen LogP contribution is -2.31. The molecule has 1 aromatic carbocycles. The lowest BCUT2D eigenvalue weighted by atomic mass is 10.2. The zero-order valence-corrected chi connectivity index (χ0v) is 12.3. The summed E-state index contributed by atoms with van der Waals surface area (Å²) in [5.41, 5.74) is 1.02. The summed E-state index contributed by atoms with van der Waals surface area (Å²) in [5, 5.41) is 1.02. The highest BCUT2D eigenvalue weighted by Gasteiger charge is 2.41. The van der Waals surface area contributed by atoms with Gasteiger partial charge in [0, 0.05) is 13.0 Å². The van der Waals surface area contributed by atoms with Gasteiger partial charge < -0.3 is 4.90 Å². The summed E-state index contributed by atoms with van der Waals surface area (Å²) < 4.78 is 1.19. The summed E-state index contributed by atoms with van der Waals surface area (Å²) in [6.45, 7) is 4.20. The molecule has 0 radical (unpaired) electrons. The second-order valence-corrected chi connectivity index (χ2v) is 6.53. The van der Waals surface area contributed by atoms with Crippen molar-refractivity contribution in [1.82, 2.24) is 9.88 Å². The Morgan fingerprint density at radius 1 is 1.47 bits per heavy atom. The summed E-state index contributed by atoms with van der Waals surface area (Å²) in [6.07, 6.45) is 1.04. The van der Waals surface area contributed by atoms with Crippen LogP contribution in [0.3, 0.4) is 0 Å². The van der Waals surface area contributed by atoms with Crippen molar-refractivity contribution in [3.8, 4) is 0 Å². The van der Waals surface area contributed by atoms with E-state index in [2.05, 4.69) is 24.9 Å². The molecule has 0 saturated heterocycles. The molecule has 0 N–H and O–H groups in total. The molecule has 0 unspecified atom stereocenters. The number of nitrogens with zero attached hydrogens (tertiary/aromatic N) is 2. The van der Waals surface area contributed by atoms with Gasteiger partial charge in [-0.15, -0.1) is 11.3 Å². The summed E-state index contributed by atoms with van der Waals surface area (Å²) in [6, 6.07) is 8.17. The van der Waals surface area contributed by atoms with Gasteiger partial charge in [0.1, 0.15) is 5.01 Å². The van der Waals surface area contributed by atoms with Crippen LogP contribution < -0.4 is 0 Å². The minimum absolute atomic E-state index is 0.0534. The maximum atomic E-state index is 12.2. The molecule has 2 aromatic rings. The topological polar surface area (TPSA) is 33.2 Å². The second kappa shape index (κ2) is 4.60. The molecule has 100 valence electrons. The number of thiazole rings is 1. The molecule has 1 aromatic heterocycles. The molecular formula is C15H18N2OS. The van der Waals surface area contributed by atoms with Gasteiger partial charge in [0.25, 0.3) is 0 Å². The van der Waals surface area contributed by atoms with E-state index in [1.807, 2.05) is 30.1 Å². The van der Waals surface area contributed by atoms with E-state index in [9.17, 15) is 4.79 Å².